The van der Waals surface area contributed by atoms with E-state index in [0.29, 0.717) is 42.9 Å². The second-order valence-electron chi connectivity index (χ2n) is 8.68. The molecule has 0 atom stereocenters. The molecule has 4 aromatic carbocycles. The zero-order valence-electron chi connectivity index (χ0n) is 20.9. The van der Waals surface area contributed by atoms with Gasteiger partial charge in [-0.15, -0.1) is 6.42 Å². The number of hydrogen-bond acceptors (Lipinski definition) is 4. The first kappa shape index (κ1) is 24.7. The second kappa shape index (κ2) is 12.3. The average Bonchev–Trinajstić information content (AvgIpc) is 2.99. The number of nitrogens with zero attached hydrogens (tertiary/aromatic N) is 1. The van der Waals surface area contributed by atoms with Crippen LogP contribution in [0.4, 0.5) is 0 Å². The van der Waals surface area contributed by atoms with Crippen molar-refractivity contribution in [2.24, 2.45) is 0 Å². The first-order valence-electron chi connectivity index (χ1n) is 12.4. The Bertz CT molecular complexity index is 1510. The van der Waals surface area contributed by atoms with Gasteiger partial charge < -0.3 is 14.2 Å². The van der Waals surface area contributed by atoms with Crippen LogP contribution >= 0.6 is 0 Å². The minimum atomic E-state index is 0.378. The van der Waals surface area contributed by atoms with Crippen LogP contribution in [0.1, 0.15) is 22.3 Å². The van der Waals surface area contributed by atoms with E-state index in [0.717, 1.165) is 27.8 Å². The summed E-state index contributed by atoms with van der Waals surface area (Å²) in [5.41, 5.74) is 5.57. The van der Waals surface area contributed by atoms with E-state index in [2.05, 4.69) is 5.92 Å². The second-order valence-corrected chi connectivity index (χ2v) is 8.68. The standard InChI is InChI=1S/C34H27NO3/c1-2-29-18-19-30(22-32(29)36-23-26-12-6-3-7-13-26)31-20-21-33(37-24-27-14-8-4-9-15-27)35-34(31)38-25-28-16-10-5-11-17-28/h1,3-22H,23-25H2. The molecule has 0 aliphatic rings. The van der Waals surface area contributed by atoms with Gasteiger partial charge in [-0.25, -0.2) is 0 Å². The van der Waals surface area contributed by atoms with E-state index in [4.69, 9.17) is 25.6 Å². The Morgan fingerprint density at radius 1 is 0.579 bits per heavy atom. The van der Waals surface area contributed by atoms with Crippen LogP contribution in [0.5, 0.6) is 17.5 Å². The Kier molecular flexibility index (Phi) is 7.98. The van der Waals surface area contributed by atoms with E-state index >= 15 is 0 Å². The fourth-order valence-electron chi connectivity index (χ4n) is 3.95. The van der Waals surface area contributed by atoms with Crippen molar-refractivity contribution in [3.8, 4) is 41.0 Å². The molecule has 0 fully saturated rings. The molecule has 0 saturated heterocycles. The molecule has 0 radical (unpaired) electrons. The smallest absolute Gasteiger partial charge is 0.225 e. The lowest BCUT2D eigenvalue weighted by Crippen LogP contribution is -2.03. The quantitative estimate of drug-likeness (QED) is 0.188. The van der Waals surface area contributed by atoms with Gasteiger partial charge >= 0.3 is 0 Å². The number of terminal acetylenes is 1. The summed E-state index contributed by atoms with van der Waals surface area (Å²) < 4.78 is 18.3. The molecule has 0 aliphatic carbocycles. The van der Waals surface area contributed by atoms with Crippen LogP contribution in [0.25, 0.3) is 11.1 Å². The van der Waals surface area contributed by atoms with Gasteiger partial charge in [-0.3, -0.25) is 0 Å². The van der Waals surface area contributed by atoms with Crippen molar-refractivity contribution in [2.45, 2.75) is 19.8 Å². The predicted molar refractivity (Wildman–Crippen MR) is 150 cm³/mol. The molecule has 4 nitrogen and oxygen atoms in total. The Morgan fingerprint density at radius 2 is 1.13 bits per heavy atom. The summed E-state index contributed by atoms with van der Waals surface area (Å²) in [6.45, 7) is 1.21. The summed E-state index contributed by atoms with van der Waals surface area (Å²) in [7, 11) is 0. The zero-order valence-corrected chi connectivity index (χ0v) is 20.9. The Labute approximate surface area is 223 Å². The monoisotopic (exact) mass is 497 g/mol. The van der Waals surface area contributed by atoms with Gasteiger partial charge in [0.2, 0.25) is 11.8 Å². The highest BCUT2D eigenvalue weighted by Crippen LogP contribution is 2.34. The van der Waals surface area contributed by atoms with E-state index < -0.39 is 0 Å². The van der Waals surface area contributed by atoms with Crippen LogP contribution in [0, 0.1) is 12.3 Å². The average molecular weight is 498 g/mol. The first-order valence-corrected chi connectivity index (χ1v) is 12.4. The Hall–Kier alpha value is -5.01. The highest BCUT2D eigenvalue weighted by Gasteiger charge is 2.14. The minimum Gasteiger partial charge on any atom is -0.488 e. The summed E-state index contributed by atoms with van der Waals surface area (Å²) in [6.07, 6.45) is 5.77. The molecule has 0 bridgehead atoms. The van der Waals surface area contributed by atoms with Crippen molar-refractivity contribution < 1.29 is 14.2 Å². The van der Waals surface area contributed by atoms with Gasteiger partial charge in [-0.2, -0.15) is 4.98 Å². The number of hydrogen-bond donors (Lipinski definition) is 0. The summed E-state index contributed by atoms with van der Waals surface area (Å²) in [4.78, 5) is 4.72. The van der Waals surface area contributed by atoms with Gasteiger partial charge in [-0.1, -0.05) is 103 Å². The molecule has 0 amide bonds. The third-order valence-corrected chi connectivity index (χ3v) is 5.97. The van der Waals surface area contributed by atoms with E-state index in [-0.39, 0.29) is 0 Å². The third kappa shape index (κ3) is 6.40. The van der Waals surface area contributed by atoms with Crippen LogP contribution in [-0.2, 0) is 19.8 Å². The lowest BCUT2D eigenvalue weighted by molar-refractivity contribution is 0.268. The van der Waals surface area contributed by atoms with Crippen LogP contribution < -0.4 is 14.2 Å². The zero-order chi connectivity index (χ0) is 26.0. The SMILES string of the molecule is C#Cc1ccc(-c2ccc(OCc3ccccc3)nc2OCc2ccccc2)cc1OCc1ccccc1. The maximum Gasteiger partial charge on any atom is 0.225 e. The van der Waals surface area contributed by atoms with Gasteiger partial charge in [0.15, 0.2) is 0 Å². The highest BCUT2D eigenvalue weighted by molar-refractivity contribution is 5.72. The van der Waals surface area contributed by atoms with Crippen LogP contribution in [0.3, 0.4) is 0 Å². The Morgan fingerprint density at radius 3 is 1.71 bits per heavy atom. The summed E-state index contributed by atoms with van der Waals surface area (Å²) >= 11 is 0. The number of pyridine rings is 1. The number of benzene rings is 4. The molecule has 4 heteroatoms. The molecule has 38 heavy (non-hydrogen) atoms. The van der Waals surface area contributed by atoms with Gasteiger partial charge in [0, 0.05) is 11.6 Å². The molecule has 186 valence electrons. The molecule has 5 rings (SSSR count). The van der Waals surface area contributed by atoms with E-state index in [1.54, 1.807) is 0 Å². The largest absolute Gasteiger partial charge is 0.488 e. The lowest BCUT2D eigenvalue weighted by Gasteiger charge is -2.15. The molecule has 5 aromatic rings. The third-order valence-electron chi connectivity index (χ3n) is 5.97. The summed E-state index contributed by atoms with van der Waals surface area (Å²) in [5.74, 6) is 4.31. The molecular formula is C34H27NO3. The van der Waals surface area contributed by atoms with Crippen molar-refractivity contribution >= 4 is 0 Å². The topological polar surface area (TPSA) is 40.6 Å². The van der Waals surface area contributed by atoms with Gasteiger partial charge in [0.1, 0.15) is 25.6 Å². The fourth-order valence-corrected chi connectivity index (χ4v) is 3.95. The van der Waals surface area contributed by atoms with Gasteiger partial charge in [0.25, 0.3) is 0 Å². The molecule has 1 heterocycles. The molecule has 0 spiro atoms. The van der Waals surface area contributed by atoms with E-state index in [1.807, 2.05) is 121 Å². The maximum atomic E-state index is 6.22. The van der Waals surface area contributed by atoms with Crippen molar-refractivity contribution in [3.05, 3.63) is 144 Å². The minimum absolute atomic E-state index is 0.378. The first-order chi connectivity index (χ1) is 18.8. The van der Waals surface area contributed by atoms with Crippen molar-refractivity contribution in [1.29, 1.82) is 0 Å². The van der Waals surface area contributed by atoms with E-state index in [1.165, 1.54) is 0 Å². The molecule has 0 N–H and O–H groups in total. The highest BCUT2D eigenvalue weighted by atomic mass is 16.5. The van der Waals surface area contributed by atoms with Gasteiger partial charge in [0.05, 0.1) is 5.56 Å². The molecular weight excluding hydrogens is 470 g/mol. The molecule has 0 unspecified atom stereocenters. The summed E-state index contributed by atoms with van der Waals surface area (Å²) in [6, 6.07) is 39.6. The molecule has 0 aliphatic heterocycles. The molecule has 0 saturated carbocycles. The number of aromatic nitrogens is 1. The van der Waals surface area contributed by atoms with Crippen molar-refractivity contribution in [1.82, 2.24) is 4.98 Å². The van der Waals surface area contributed by atoms with Crippen LogP contribution in [0.15, 0.2) is 121 Å². The summed E-state index contributed by atoms with van der Waals surface area (Å²) in [5, 5.41) is 0. The lowest BCUT2D eigenvalue weighted by atomic mass is 10.0. The van der Waals surface area contributed by atoms with Gasteiger partial charge in [-0.05, 0) is 40.5 Å². The number of rotatable bonds is 10. The van der Waals surface area contributed by atoms with Crippen LogP contribution in [-0.4, -0.2) is 4.98 Å². The normalized spacial score (nSPS) is 10.4. The Balaban J connectivity index is 1.43. The van der Waals surface area contributed by atoms with Crippen LogP contribution in [0.2, 0.25) is 0 Å². The van der Waals surface area contributed by atoms with Crippen molar-refractivity contribution in [3.63, 3.8) is 0 Å². The van der Waals surface area contributed by atoms with E-state index in [9.17, 15) is 0 Å². The predicted octanol–water partition coefficient (Wildman–Crippen LogP) is 7.47. The molecule has 1 aromatic heterocycles. The van der Waals surface area contributed by atoms with Crippen molar-refractivity contribution in [2.75, 3.05) is 0 Å². The number of ether oxygens (including phenoxy) is 3. The maximum absolute atomic E-state index is 6.22. The fraction of sp³-hybridized carbons (Fsp3) is 0.0882.